The predicted octanol–water partition coefficient (Wildman–Crippen LogP) is 5.88. The molecule has 0 bridgehead atoms. The van der Waals surface area contributed by atoms with E-state index in [1.807, 2.05) is 24.3 Å². The van der Waals surface area contributed by atoms with E-state index in [1.54, 1.807) is 7.11 Å². The van der Waals surface area contributed by atoms with Crippen LogP contribution in [-0.4, -0.2) is 21.9 Å². The van der Waals surface area contributed by atoms with Gasteiger partial charge in [0.15, 0.2) is 0 Å². The Kier molecular flexibility index (Phi) is 4.47. The van der Waals surface area contributed by atoms with Crippen LogP contribution in [0, 0.1) is 13.8 Å². The zero-order valence-corrected chi connectivity index (χ0v) is 17.4. The lowest BCUT2D eigenvalue weighted by Gasteiger charge is -2.16. The van der Waals surface area contributed by atoms with Crippen LogP contribution in [0.5, 0.6) is 5.75 Å². The van der Waals surface area contributed by atoms with Gasteiger partial charge in [0.2, 0.25) is 0 Å². The van der Waals surface area contributed by atoms with Crippen LogP contribution in [0.25, 0.3) is 33.4 Å². The normalized spacial score (nSPS) is 11.3. The Morgan fingerprint density at radius 2 is 1.60 bits per heavy atom. The molecule has 2 aliphatic heterocycles. The number of aryl methyl sites for hydroxylation is 2. The van der Waals surface area contributed by atoms with Crippen molar-refractivity contribution in [2.45, 2.75) is 20.4 Å². The van der Waals surface area contributed by atoms with E-state index in [9.17, 15) is 0 Å². The van der Waals surface area contributed by atoms with Crippen molar-refractivity contribution in [2.75, 3.05) is 7.11 Å². The minimum atomic E-state index is 0.796. The minimum Gasteiger partial charge on any atom is -0.497 e. The number of rotatable bonds is 4. The summed E-state index contributed by atoms with van der Waals surface area (Å²) in [6.07, 6.45) is 2.19. The van der Waals surface area contributed by atoms with Gasteiger partial charge in [0.05, 0.1) is 12.6 Å². The molecule has 3 aromatic rings. The van der Waals surface area contributed by atoms with Crippen LogP contribution < -0.4 is 4.74 Å². The number of hydrogen-bond donors (Lipinski definition) is 0. The molecular formula is C26H23N3O. The van der Waals surface area contributed by atoms with E-state index in [-0.39, 0.29) is 0 Å². The fourth-order valence-corrected chi connectivity index (χ4v) is 4.06. The fourth-order valence-electron chi connectivity index (χ4n) is 4.06. The molecule has 0 atom stereocenters. The van der Waals surface area contributed by atoms with E-state index >= 15 is 0 Å². The van der Waals surface area contributed by atoms with Crippen molar-refractivity contribution in [3.8, 4) is 28.3 Å². The molecule has 0 amide bonds. The second kappa shape index (κ2) is 7.30. The molecule has 0 N–H and O–H groups in total. The Bertz CT molecular complexity index is 1320. The molecule has 30 heavy (non-hydrogen) atoms. The summed E-state index contributed by atoms with van der Waals surface area (Å²) in [4.78, 5) is 0. The third-order valence-electron chi connectivity index (χ3n) is 5.56. The number of ether oxygens (including phenoxy) is 1. The van der Waals surface area contributed by atoms with Crippen molar-refractivity contribution in [2.24, 2.45) is 0 Å². The quantitative estimate of drug-likeness (QED) is 0.383. The molecule has 0 spiro atoms. The molecule has 5 rings (SSSR count). The second-order valence-corrected chi connectivity index (χ2v) is 7.81. The molecular weight excluding hydrogens is 370 g/mol. The van der Waals surface area contributed by atoms with Crippen LogP contribution in [0.15, 0.2) is 72.9 Å². The summed E-state index contributed by atoms with van der Waals surface area (Å²) in [6, 6.07) is 23.2. The predicted molar refractivity (Wildman–Crippen MR) is 121 cm³/mol. The van der Waals surface area contributed by atoms with Crippen LogP contribution in [0.3, 0.4) is 0 Å². The van der Waals surface area contributed by atoms with Gasteiger partial charge >= 0.3 is 0 Å². The molecule has 2 heterocycles. The molecule has 3 aromatic carbocycles. The van der Waals surface area contributed by atoms with Gasteiger partial charge in [-0.25, -0.2) is 0 Å². The lowest BCUT2D eigenvalue weighted by molar-refractivity contribution is 0.415. The highest BCUT2D eigenvalue weighted by Crippen LogP contribution is 2.37. The summed E-state index contributed by atoms with van der Waals surface area (Å²) in [5, 5.41) is 10.3. The van der Waals surface area contributed by atoms with E-state index < -0.39 is 0 Å². The maximum absolute atomic E-state index is 5.30. The van der Waals surface area contributed by atoms with Gasteiger partial charge in [-0.15, -0.1) is 10.2 Å². The Balaban J connectivity index is 1.71. The number of methoxy groups -OCH3 is 1. The second-order valence-electron chi connectivity index (χ2n) is 7.81. The molecule has 0 radical (unpaired) electrons. The maximum Gasteiger partial charge on any atom is 0.118 e. The van der Waals surface area contributed by atoms with E-state index in [2.05, 4.69) is 77.3 Å². The van der Waals surface area contributed by atoms with Crippen LogP contribution in [0.4, 0.5) is 0 Å². The molecule has 0 unspecified atom stereocenters. The minimum absolute atomic E-state index is 0.796. The molecule has 0 aromatic heterocycles. The van der Waals surface area contributed by atoms with Gasteiger partial charge in [0, 0.05) is 29.3 Å². The summed E-state index contributed by atoms with van der Waals surface area (Å²) in [5.74, 6) is 0.832. The number of aromatic nitrogens is 3. The molecule has 0 saturated heterocycles. The molecule has 2 aliphatic rings. The molecule has 4 heteroatoms. The van der Waals surface area contributed by atoms with E-state index in [1.165, 1.54) is 16.7 Å². The van der Waals surface area contributed by atoms with Crippen molar-refractivity contribution in [3.63, 3.8) is 0 Å². The topological polar surface area (TPSA) is 39.9 Å². The Morgan fingerprint density at radius 1 is 0.833 bits per heavy atom. The van der Waals surface area contributed by atoms with Crippen molar-refractivity contribution in [1.82, 2.24) is 14.8 Å². The summed E-state index contributed by atoms with van der Waals surface area (Å²) in [7, 11) is 1.68. The molecule has 0 aliphatic carbocycles. The third-order valence-corrected chi connectivity index (χ3v) is 5.56. The number of pyridine rings is 1. The summed E-state index contributed by atoms with van der Waals surface area (Å²) in [5.41, 5.74) is 8.86. The van der Waals surface area contributed by atoms with E-state index in [0.29, 0.717) is 0 Å². The third kappa shape index (κ3) is 3.20. The van der Waals surface area contributed by atoms with Gasteiger partial charge in [-0.1, -0.05) is 41.5 Å². The first-order valence-electron chi connectivity index (χ1n) is 10.1. The van der Waals surface area contributed by atoms with Gasteiger partial charge in [-0.3, -0.25) is 0 Å². The highest BCUT2D eigenvalue weighted by atomic mass is 16.5. The number of benzene rings is 3. The van der Waals surface area contributed by atoms with Crippen LogP contribution in [0.1, 0.15) is 16.7 Å². The highest BCUT2D eigenvalue weighted by molar-refractivity contribution is 5.98. The summed E-state index contributed by atoms with van der Waals surface area (Å²) >= 11 is 0. The smallest absolute Gasteiger partial charge is 0.118 e. The lowest BCUT2D eigenvalue weighted by Crippen LogP contribution is -2.04. The average molecular weight is 393 g/mol. The average Bonchev–Trinajstić information content (AvgIpc) is 3.18. The van der Waals surface area contributed by atoms with E-state index in [4.69, 9.17) is 4.74 Å². The monoisotopic (exact) mass is 393 g/mol. The van der Waals surface area contributed by atoms with Crippen LogP contribution in [0.2, 0.25) is 0 Å². The number of nitrogens with zero attached hydrogens (tertiary/aromatic N) is 3. The standard InChI is InChI=1S/C26H23N3O/c1-17-5-4-6-19(13-17)15-29-16-23-25(20-8-10-21(30-3)11-9-20)27-28-26(23)22-14-18(2)7-12-24(22)29/h4-14,16H,15H2,1-3H3. The molecule has 0 saturated carbocycles. The molecule has 0 fully saturated rings. The highest BCUT2D eigenvalue weighted by Gasteiger charge is 2.20. The maximum atomic E-state index is 5.30. The number of fused-ring (bicyclic) bond motifs is 3. The first-order valence-corrected chi connectivity index (χ1v) is 10.1. The first kappa shape index (κ1) is 18.4. The van der Waals surface area contributed by atoms with Crippen LogP contribution >= 0.6 is 0 Å². The fraction of sp³-hybridized carbons (Fsp3) is 0.154. The lowest BCUT2D eigenvalue weighted by atomic mass is 10.0. The van der Waals surface area contributed by atoms with Gasteiger partial charge < -0.3 is 9.30 Å². The molecule has 4 nitrogen and oxygen atoms in total. The van der Waals surface area contributed by atoms with Gasteiger partial charge in [0.25, 0.3) is 0 Å². The van der Waals surface area contributed by atoms with Crippen molar-refractivity contribution in [3.05, 3.63) is 89.6 Å². The zero-order chi connectivity index (χ0) is 20.7. The Morgan fingerprint density at radius 3 is 2.37 bits per heavy atom. The van der Waals surface area contributed by atoms with Crippen LogP contribution in [-0.2, 0) is 6.54 Å². The van der Waals surface area contributed by atoms with Crippen molar-refractivity contribution >= 4 is 10.9 Å². The van der Waals surface area contributed by atoms with Crippen molar-refractivity contribution in [1.29, 1.82) is 0 Å². The van der Waals surface area contributed by atoms with Gasteiger partial charge in [-0.05, 0) is 55.8 Å². The first-order chi connectivity index (χ1) is 14.6. The Labute approximate surface area is 176 Å². The van der Waals surface area contributed by atoms with Crippen molar-refractivity contribution < 1.29 is 4.74 Å². The summed E-state index contributed by atoms with van der Waals surface area (Å²) < 4.78 is 7.61. The molecule has 148 valence electrons. The largest absolute Gasteiger partial charge is 0.497 e. The van der Waals surface area contributed by atoms with Gasteiger partial charge in [0.1, 0.15) is 17.1 Å². The number of hydrogen-bond acceptors (Lipinski definition) is 3. The SMILES string of the molecule is COc1ccc(-c2nnc3c4cc(C)ccc4n(Cc4cccc(C)c4)cc2-3)cc1. The summed E-state index contributed by atoms with van der Waals surface area (Å²) in [6.45, 7) is 5.04. The zero-order valence-electron chi connectivity index (χ0n) is 17.4. The van der Waals surface area contributed by atoms with E-state index in [0.717, 1.165) is 45.7 Å². The Hall–Kier alpha value is -3.66. The van der Waals surface area contributed by atoms with Gasteiger partial charge in [-0.2, -0.15) is 0 Å².